The molecule has 96 valence electrons. The van der Waals surface area contributed by atoms with Gasteiger partial charge in [0.05, 0.1) is 11.0 Å². The van der Waals surface area contributed by atoms with Gasteiger partial charge in [-0.1, -0.05) is 0 Å². The van der Waals surface area contributed by atoms with Crippen LogP contribution in [0.2, 0.25) is 0 Å². The van der Waals surface area contributed by atoms with Crippen molar-refractivity contribution in [2.24, 2.45) is 0 Å². The van der Waals surface area contributed by atoms with Crippen molar-refractivity contribution in [3.05, 3.63) is 39.7 Å². The van der Waals surface area contributed by atoms with E-state index in [1.807, 2.05) is 4.90 Å². The van der Waals surface area contributed by atoms with Crippen molar-refractivity contribution in [1.82, 2.24) is 4.90 Å². The third-order valence-electron chi connectivity index (χ3n) is 2.97. The lowest BCUT2D eigenvalue weighted by atomic mass is 10.1. The van der Waals surface area contributed by atoms with Crippen LogP contribution in [-0.2, 0) is 11.3 Å². The summed E-state index contributed by atoms with van der Waals surface area (Å²) in [7, 11) is 0. The molecule has 0 N–H and O–H groups in total. The van der Waals surface area contributed by atoms with Crippen LogP contribution in [0.15, 0.2) is 18.2 Å². The van der Waals surface area contributed by atoms with E-state index in [-0.39, 0.29) is 11.5 Å². The standard InChI is InChI=1S/C12H13FN2O3/c13-10-5-9(6-11(7-10)15(17)18)8-14-3-1-12(16)2-4-14/h5-7H,1-4,8H2. The number of carbonyl (C=O) groups is 1. The number of ketones is 1. The molecule has 1 aromatic rings. The number of halogens is 1. The minimum atomic E-state index is -0.605. The molecule has 0 bridgehead atoms. The van der Waals surface area contributed by atoms with Crippen LogP contribution in [-0.4, -0.2) is 28.7 Å². The molecule has 0 aliphatic carbocycles. The second-order valence-corrected chi connectivity index (χ2v) is 4.39. The molecule has 6 heteroatoms. The molecular weight excluding hydrogens is 239 g/mol. The molecule has 1 fully saturated rings. The highest BCUT2D eigenvalue weighted by molar-refractivity contribution is 5.79. The molecular formula is C12H13FN2O3. The first-order valence-electron chi connectivity index (χ1n) is 5.72. The largest absolute Gasteiger partial charge is 0.300 e. The van der Waals surface area contributed by atoms with Crippen LogP contribution < -0.4 is 0 Å². The van der Waals surface area contributed by atoms with Crippen molar-refractivity contribution >= 4 is 11.5 Å². The van der Waals surface area contributed by atoms with Gasteiger partial charge in [-0.3, -0.25) is 19.8 Å². The maximum Gasteiger partial charge on any atom is 0.272 e. The maximum atomic E-state index is 13.2. The minimum Gasteiger partial charge on any atom is -0.300 e. The van der Waals surface area contributed by atoms with Crippen LogP contribution in [0, 0.1) is 15.9 Å². The molecule has 18 heavy (non-hydrogen) atoms. The van der Waals surface area contributed by atoms with Gasteiger partial charge in [0, 0.05) is 38.5 Å². The molecule has 0 saturated carbocycles. The molecule has 0 atom stereocenters. The lowest BCUT2D eigenvalue weighted by molar-refractivity contribution is -0.385. The zero-order valence-electron chi connectivity index (χ0n) is 9.76. The van der Waals surface area contributed by atoms with E-state index in [1.165, 1.54) is 12.1 Å². The molecule has 0 unspecified atom stereocenters. The van der Waals surface area contributed by atoms with Gasteiger partial charge in [-0.15, -0.1) is 0 Å². The van der Waals surface area contributed by atoms with E-state index in [9.17, 15) is 19.3 Å². The third-order valence-corrected chi connectivity index (χ3v) is 2.97. The fourth-order valence-electron chi connectivity index (χ4n) is 2.05. The molecule has 1 aliphatic heterocycles. The highest BCUT2D eigenvalue weighted by atomic mass is 19.1. The number of hydrogen-bond acceptors (Lipinski definition) is 4. The van der Waals surface area contributed by atoms with Gasteiger partial charge in [-0.05, 0) is 11.6 Å². The summed E-state index contributed by atoms with van der Waals surface area (Å²) in [5.74, 6) is -0.372. The summed E-state index contributed by atoms with van der Waals surface area (Å²) in [6.45, 7) is 1.69. The number of nitro groups is 1. The Bertz CT molecular complexity index is 480. The molecule has 0 radical (unpaired) electrons. The van der Waals surface area contributed by atoms with Crippen molar-refractivity contribution < 1.29 is 14.1 Å². The molecule has 2 rings (SSSR count). The average molecular weight is 252 g/mol. The van der Waals surface area contributed by atoms with Gasteiger partial charge in [0.25, 0.3) is 5.69 Å². The molecule has 1 heterocycles. The lowest BCUT2D eigenvalue weighted by Crippen LogP contribution is -2.33. The van der Waals surface area contributed by atoms with E-state index in [2.05, 4.69) is 0 Å². The Kier molecular flexibility index (Phi) is 3.66. The number of likely N-dealkylation sites (tertiary alicyclic amines) is 1. The Labute approximate surface area is 103 Å². The average Bonchev–Trinajstić information content (AvgIpc) is 2.31. The van der Waals surface area contributed by atoms with E-state index in [4.69, 9.17) is 0 Å². The summed E-state index contributed by atoms with van der Waals surface area (Å²) >= 11 is 0. The van der Waals surface area contributed by atoms with Crippen molar-refractivity contribution in [3.8, 4) is 0 Å². The van der Waals surface area contributed by atoms with E-state index in [0.29, 0.717) is 38.0 Å². The number of benzene rings is 1. The summed E-state index contributed by atoms with van der Waals surface area (Å²) in [6, 6.07) is 3.58. The van der Waals surface area contributed by atoms with E-state index in [0.717, 1.165) is 6.07 Å². The van der Waals surface area contributed by atoms with Crippen molar-refractivity contribution in [2.75, 3.05) is 13.1 Å². The Morgan fingerprint density at radius 2 is 1.94 bits per heavy atom. The Hall–Kier alpha value is -1.82. The summed E-state index contributed by atoms with van der Waals surface area (Å²) in [4.78, 5) is 23.1. The third kappa shape index (κ3) is 3.10. The Morgan fingerprint density at radius 1 is 1.28 bits per heavy atom. The second-order valence-electron chi connectivity index (χ2n) is 4.39. The molecule has 1 aromatic carbocycles. The first-order valence-corrected chi connectivity index (χ1v) is 5.72. The zero-order valence-corrected chi connectivity index (χ0v) is 9.76. The van der Waals surface area contributed by atoms with Crippen LogP contribution >= 0.6 is 0 Å². The van der Waals surface area contributed by atoms with Crippen LogP contribution in [0.3, 0.4) is 0 Å². The van der Waals surface area contributed by atoms with Gasteiger partial charge < -0.3 is 0 Å². The normalized spacial score (nSPS) is 16.8. The fraction of sp³-hybridized carbons (Fsp3) is 0.417. The predicted molar refractivity (Wildman–Crippen MR) is 62.6 cm³/mol. The maximum absolute atomic E-state index is 13.2. The lowest BCUT2D eigenvalue weighted by Gasteiger charge is -2.25. The highest BCUT2D eigenvalue weighted by Crippen LogP contribution is 2.18. The molecule has 5 nitrogen and oxygen atoms in total. The van der Waals surface area contributed by atoms with Gasteiger partial charge in [0.2, 0.25) is 0 Å². The van der Waals surface area contributed by atoms with Crippen LogP contribution in [0.5, 0.6) is 0 Å². The van der Waals surface area contributed by atoms with E-state index in [1.54, 1.807) is 0 Å². The molecule has 0 aromatic heterocycles. The van der Waals surface area contributed by atoms with Crippen LogP contribution in [0.1, 0.15) is 18.4 Å². The topological polar surface area (TPSA) is 63.5 Å². The number of Topliss-reactive ketones (excluding diaryl/α,β-unsaturated/α-hetero) is 1. The number of non-ortho nitro benzene ring substituents is 1. The second kappa shape index (κ2) is 5.22. The number of nitro benzene ring substituents is 1. The summed E-state index contributed by atoms with van der Waals surface area (Å²) in [6.07, 6.45) is 0.995. The number of hydrogen-bond donors (Lipinski definition) is 0. The Balaban J connectivity index is 2.09. The number of nitrogens with zero attached hydrogens (tertiary/aromatic N) is 2. The fourth-order valence-corrected chi connectivity index (χ4v) is 2.05. The van der Waals surface area contributed by atoms with Gasteiger partial charge in [0.1, 0.15) is 11.6 Å². The van der Waals surface area contributed by atoms with Crippen LogP contribution in [0.25, 0.3) is 0 Å². The highest BCUT2D eigenvalue weighted by Gasteiger charge is 2.17. The van der Waals surface area contributed by atoms with Crippen molar-refractivity contribution in [3.63, 3.8) is 0 Å². The van der Waals surface area contributed by atoms with Gasteiger partial charge in [-0.2, -0.15) is 0 Å². The Morgan fingerprint density at radius 3 is 2.56 bits per heavy atom. The summed E-state index contributed by atoms with van der Waals surface area (Å²) < 4.78 is 13.2. The van der Waals surface area contributed by atoms with E-state index >= 15 is 0 Å². The number of rotatable bonds is 3. The smallest absolute Gasteiger partial charge is 0.272 e. The first-order chi connectivity index (χ1) is 8.54. The molecule has 0 amide bonds. The van der Waals surface area contributed by atoms with E-state index < -0.39 is 10.7 Å². The number of piperidine rings is 1. The summed E-state index contributed by atoms with van der Waals surface area (Å²) in [5.41, 5.74) is 0.328. The van der Waals surface area contributed by atoms with Crippen molar-refractivity contribution in [1.29, 1.82) is 0 Å². The summed E-state index contributed by atoms with van der Waals surface area (Å²) in [5, 5.41) is 10.6. The SMILES string of the molecule is O=C1CCN(Cc2cc(F)cc([N+](=O)[O-])c2)CC1. The van der Waals surface area contributed by atoms with Gasteiger partial charge >= 0.3 is 0 Å². The zero-order chi connectivity index (χ0) is 13.1. The molecule has 1 aliphatic rings. The minimum absolute atomic E-state index is 0.233. The van der Waals surface area contributed by atoms with Crippen LogP contribution in [0.4, 0.5) is 10.1 Å². The van der Waals surface area contributed by atoms with Crippen molar-refractivity contribution in [2.45, 2.75) is 19.4 Å². The monoisotopic (exact) mass is 252 g/mol. The molecule has 0 spiro atoms. The first kappa shape index (κ1) is 12.6. The quantitative estimate of drug-likeness (QED) is 0.608. The molecule has 1 saturated heterocycles. The van der Waals surface area contributed by atoms with Gasteiger partial charge in [-0.25, -0.2) is 4.39 Å². The number of carbonyl (C=O) groups excluding carboxylic acids is 1. The predicted octanol–water partition coefficient (Wildman–Crippen LogP) is 1.90. The van der Waals surface area contributed by atoms with Gasteiger partial charge in [0.15, 0.2) is 0 Å².